The van der Waals surface area contributed by atoms with Crippen LogP contribution in [0.3, 0.4) is 0 Å². The van der Waals surface area contributed by atoms with Crippen LogP contribution in [0, 0.1) is 27.7 Å². The Hall–Kier alpha value is -1.83. The molecule has 25 heavy (non-hydrogen) atoms. The number of aryl methyl sites for hydroxylation is 4. The molecule has 0 aliphatic rings. The number of sulfonamides is 1. The third-order valence-corrected chi connectivity index (χ3v) is 5.70. The summed E-state index contributed by atoms with van der Waals surface area (Å²) in [7, 11) is -2.29. The molecule has 0 saturated carbocycles. The van der Waals surface area contributed by atoms with Gasteiger partial charge in [-0.3, -0.25) is 0 Å². The summed E-state index contributed by atoms with van der Waals surface area (Å²) in [5.41, 5.74) is 2.50. The smallest absolute Gasteiger partial charge is 0.244 e. The van der Waals surface area contributed by atoms with E-state index >= 15 is 0 Å². The molecule has 0 spiro atoms. The Morgan fingerprint density at radius 1 is 1.16 bits per heavy atom. The maximum Gasteiger partial charge on any atom is 0.244 e. The highest BCUT2D eigenvalue weighted by molar-refractivity contribution is 7.89. The van der Waals surface area contributed by atoms with E-state index in [9.17, 15) is 13.5 Å². The Morgan fingerprint density at radius 3 is 2.36 bits per heavy atom. The molecule has 6 nitrogen and oxygen atoms in total. The SMILES string of the molecule is COc1cc(C)c(C)cc1S(=O)(=O)NCCC(O)c1cc(C)oc1C. The van der Waals surface area contributed by atoms with Crippen molar-refractivity contribution in [2.75, 3.05) is 13.7 Å². The van der Waals surface area contributed by atoms with Crippen molar-refractivity contribution in [2.45, 2.75) is 45.1 Å². The van der Waals surface area contributed by atoms with Gasteiger partial charge in [0.25, 0.3) is 0 Å². The molecule has 7 heteroatoms. The summed E-state index contributed by atoms with van der Waals surface area (Å²) in [5.74, 6) is 1.66. The van der Waals surface area contributed by atoms with E-state index < -0.39 is 16.1 Å². The van der Waals surface area contributed by atoms with Gasteiger partial charge in [-0.2, -0.15) is 0 Å². The molecule has 0 amide bonds. The van der Waals surface area contributed by atoms with Crippen molar-refractivity contribution >= 4 is 10.0 Å². The largest absolute Gasteiger partial charge is 0.495 e. The van der Waals surface area contributed by atoms with Gasteiger partial charge in [-0.15, -0.1) is 0 Å². The Balaban J connectivity index is 2.10. The number of furan rings is 1. The first-order valence-corrected chi connectivity index (χ1v) is 9.54. The number of ether oxygens (including phenoxy) is 1. The van der Waals surface area contributed by atoms with Crippen molar-refractivity contribution in [1.29, 1.82) is 0 Å². The average Bonchev–Trinajstić information content (AvgIpc) is 2.87. The van der Waals surface area contributed by atoms with Crippen LogP contribution < -0.4 is 9.46 Å². The van der Waals surface area contributed by atoms with Gasteiger partial charge in [-0.05, 0) is 63.4 Å². The van der Waals surface area contributed by atoms with E-state index in [2.05, 4.69) is 4.72 Å². The summed E-state index contributed by atoms with van der Waals surface area (Å²) < 4.78 is 38.3. The van der Waals surface area contributed by atoms with Crippen molar-refractivity contribution in [3.8, 4) is 5.75 Å². The monoisotopic (exact) mass is 367 g/mol. The third-order valence-electron chi connectivity index (χ3n) is 4.22. The number of hydrogen-bond acceptors (Lipinski definition) is 5. The van der Waals surface area contributed by atoms with Gasteiger partial charge in [0.05, 0.1) is 13.2 Å². The van der Waals surface area contributed by atoms with Gasteiger partial charge in [-0.1, -0.05) is 0 Å². The molecule has 2 N–H and O–H groups in total. The van der Waals surface area contributed by atoms with Gasteiger partial charge in [-0.25, -0.2) is 13.1 Å². The standard InChI is InChI=1S/C18H25NO5S/c1-11-8-17(23-5)18(9-12(11)2)25(21,22)19-7-6-16(20)15-10-13(3)24-14(15)4/h8-10,16,19-20H,6-7H2,1-5H3. The van der Waals surface area contributed by atoms with Gasteiger partial charge >= 0.3 is 0 Å². The zero-order valence-corrected chi connectivity index (χ0v) is 16.0. The lowest BCUT2D eigenvalue weighted by Gasteiger charge is -2.14. The first-order valence-electron chi connectivity index (χ1n) is 8.05. The summed E-state index contributed by atoms with van der Waals surface area (Å²) in [4.78, 5) is 0.0999. The van der Waals surface area contributed by atoms with E-state index in [0.29, 0.717) is 22.8 Å². The van der Waals surface area contributed by atoms with Crippen LogP contribution in [0.15, 0.2) is 27.5 Å². The molecule has 1 aromatic carbocycles. The molecule has 138 valence electrons. The van der Waals surface area contributed by atoms with Gasteiger partial charge in [0.2, 0.25) is 10.0 Å². The number of aliphatic hydroxyl groups is 1. The molecule has 0 aliphatic heterocycles. The van der Waals surface area contributed by atoms with Crippen LogP contribution in [0.1, 0.15) is 40.7 Å². The van der Waals surface area contributed by atoms with Crippen LogP contribution in [0.5, 0.6) is 5.75 Å². The lowest BCUT2D eigenvalue weighted by atomic mass is 10.1. The number of aliphatic hydroxyl groups excluding tert-OH is 1. The zero-order chi connectivity index (χ0) is 18.8. The van der Waals surface area contributed by atoms with Crippen LogP contribution in [0.2, 0.25) is 0 Å². The number of hydrogen-bond donors (Lipinski definition) is 2. The van der Waals surface area contributed by atoms with E-state index in [1.165, 1.54) is 7.11 Å². The fourth-order valence-corrected chi connectivity index (χ4v) is 3.96. The van der Waals surface area contributed by atoms with Crippen LogP contribution in [0.25, 0.3) is 0 Å². The number of benzene rings is 1. The molecule has 1 atom stereocenters. The van der Waals surface area contributed by atoms with E-state index in [1.807, 2.05) is 13.8 Å². The lowest BCUT2D eigenvalue weighted by molar-refractivity contribution is 0.167. The van der Waals surface area contributed by atoms with Crippen LogP contribution in [-0.2, 0) is 10.0 Å². The van der Waals surface area contributed by atoms with Crippen LogP contribution >= 0.6 is 0 Å². The van der Waals surface area contributed by atoms with Crippen molar-refractivity contribution in [1.82, 2.24) is 4.72 Å². The van der Waals surface area contributed by atoms with Gasteiger partial charge < -0.3 is 14.3 Å². The highest BCUT2D eigenvalue weighted by Crippen LogP contribution is 2.28. The highest BCUT2D eigenvalue weighted by Gasteiger charge is 2.21. The molecule has 1 aromatic heterocycles. The zero-order valence-electron chi connectivity index (χ0n) is 15.2. The number of methoxy groups -OCH3 is 1. The molecular formula is C18H25NO5S. The molecule has 1 unspecified atom stereocenters. The maximum atomic E-state index is 12.6. The topological polar surface area (TPSA) is 88.8 Å². The van der Waals surface area contributed by atoms with E-state index in [4.69, 9.17) is 9.15 Å². The van der Waals surface area contributed by atoms with Crippen molar-refractivity contribution < 1.29 is 22.7 Å². The molecule has 2 rings (SSSR count). The summed E-state index contributed by atoms with van der Waals surface area (Å²) in [6.45, 7) is 7.42. The lowest BCUT2D eigenvalue weighted by Crippen LogP contribution is -2.26. The normalized spacial score (nSPS) is 13.0. The summed E-state index contributed by atoms with van der Waals surface area (Å²) in [5, 5.41) is 10.2. The molecule has 0 bridgehead atoms. The molecule has 0 radical (unpaired) electrons. The van der Waals surface area contributed by atoms with Crippen molar-refractivity contribution in [3.05, 3.63) is 46.4 Å². The van der Waals surface area contributed by atoms with Crippen LogP contribution in [0.4, 0.5) is 0 Å². The quantitative estimate of drug-likeness (QED) is 0.785. The van der Waals surface area contributed by atoms with Gasteiger partial charge in [0, 0.05) is 12.1 Å². The van der Waals surface area contributed by atoms with E-state index in [-0.39, 0.29) is 17.9 Å². The maximum absolute atomic E-state index is 12.6. The Morgan fingerprint density at radius 2 is 1.80 bits per heavy atom. The predicted molar refractivity (Wildman–Crippen MR) is 95.4 cm³/mol. The number of nitrogens with one attached hydrogen (secondary N) is 1. The van der Waals surface area contributed by atoms with Crippen LogP contribution in [-0.4, -0.2) is 27.2 Å². The van der Waals surface area contributed by atoms with E-state index in [0.717, 1.165) is 11.1 Å². The Bertz CT molecular complexity index is 855. The fourth-order valence-electron chi connectivity index (χ4n) is 2.68. The second-order valence-electron chi connectivity index (χ2n) is 6.16. The fraction of sp³-hybridized carbons (Fsp3) is 0.444. The molecule has 0 aliphatic carbocycles. The summed E-state index contributed by atoms with van der Waals surface area (Å²) in [6, 6.07) is 5.06. The Kier molecular flexibility index (Phi) is 5.92. The third kappa shape index (κ3) is 4.42. The molecule has 2 aromatic rings. The molecule has 0 saturated heterocycles. The second-order valence-corrected chi connectivity index (χ2v) is 7.89. The average molecular weight is 367 g/mol. The Labute approximate surface area is 148 Å². The number of rotatable bonds is 7. The minimum absolute atomic E-state index is 0.0999. The first-order chi connectivity index (χ1) is 11.7. The summed E-state index contributed by atoms with van der Waals surface area (Å²) >= 11 is 0. The van der Waals surface area contributed by atoms with E-state index in [1.54, 1.807) is 32.0 Å². The molecule has 0 fully saturated rings. The van der Waals surface area contributed by atoms with Crippen molar-refractivity contribution in [2.24, 2.45) is 0 Å². The predicted octanol–water partition coefficient (Wildman–Crippen LogP) is 2.92. The minimum atomic E-state index is -3.73. The minimum Gasteiger partial charge on any atom is -0.495 e. The van der Waals surface area contributed by atoms with Crippen molar-refractivity contribution in [3.63, 3.8) is 0 Å². The highest BCUT2D eigenvalue weighted by atomic mass is 32.2. The molecule has 1 heterocycles. The summed E-state index contributed by atoms with van der Waals surface area (Å²) in [6.07, 6.45) is -0.548. The second kappa shape index (κ2) is 7.59. The first kappa shape index (κ1) is 19.5. The van der Waals surface area contributed by atoms with Gasteiger partial charge in [0.15, 0.2) is 0 Å². The molecular weight excluding hydrogens is 342 g/mol. The van der Waals surface area contributed by atoms with Gasteiger partial charge in [0.1, 0.15) is 22.2 Å².